The Hall–Kier alpha value is -4.07. The summed E-state index contributed by atoms with van der Waals surface area (Å²) in [5.74, 6) is -0.383. The van der Waals surface area contributed by atoms with Crippen LogP contribution in [0, 0.1) is 18.7 Å². The average molecular weight is 428 g/mol. The number of halogens is 1. The van der Waals surface area contributed by atoms with Crippen LogP contribution in [0.2, 0.25) is 0 Å². The van der Waals surface area contributed by atoms with E-state index in [9.17, 15) is 9.18 Å². The lowest BCUT2D eigenvalue weighted by Crippen LogP contribution is -2.42. The Labute approximate surface area is 183 Å². The van der Waals surface area contributed by atoms with E-state index in [1.807, 2.05) is 31.2 Å². The third kappa shape index (κ3) is 3.03. The number of benzene rings is 2. The van der Waals surface area contributed by atoms with E-state index in [0.717, 1.165) is 10.9 Å². The first kappa shape index (κ1) is 19.9. The number of allylic oxidation sites excluding steroid dienone is 1. The fraction of sp³-hybridized carbons (Fsp3) is 0.167. The van der Waals surface area contributed by atoms with Crippen LogP contribution >= 0.6 is 0 Å². The molecule has 2 aliphatic rings. The van der Waals surface area contributed by atoms with Gasteiger partial charge >= 0.3 is 0 Å². The van der Waals surface area contributed by atoms with Gasteiger partial charge in [0.05, 0.1) is 23.3 Å². The van der Waals surface area contributed by atoms with Crippen LogP contribution in [0.15, 0.2) is 81.1 Å². The molecule has 0 bridgehead atoms. The van der Waals surface area contributed by atoms with Gasteiger partial charge in [0.1, 0.15) is 23.9 Å². The van der Waals surface area contributed by atoms with E-state index in [2.05, 4.69) is 21.7 Å². The molecule has 0 saturated carbocycles. The van der Waals surface area contributed by atoms with Crippen molar-refractivity contribution in [3.63, 3.8) is 0 Å². The lowest BCUT2D eigenvalue weighted by molar-refractivity contribution is 0.210. The second-order valence-electron chi connectivity index (χ2n) is 7.80. The summed E-state index contributed by atoms with van der Waals surface area (Å²) in [6.45, 7) is 5.92. The number of nitrogens with zero attached hydrogens (tertiary/aromatic N) is 5. The highest BCUT2D eigenvalue weighted by atomic mass is 19.1. The number of nitrogens with two attached hydrogens (primary N) is 1. The summed E-state index contributed by atoms with van der Waals surface area (Å²) in [6.07, 6.45) is 2.64. The first-order chi connectivity index (χ1) is 15.5. The number of aryl methyl sites for hydroxylation is 1. The number of aliphatic imine (C=N–C) groups is 2. The van der Waals surface area contributed by atoms with Gasteiger partial charge in [0.2, 0.25) is 0 Å². The van der Waals surface area contributed by atoms with Crippen LogP contribution in [0.4, 0.5) is 4.39 Å². The van der Waals surface area contributed by atoms with Crippen molar-refractivity contribution in [1.29, 1.82) is 0 Å². The Bertz CT molecular complexity index is 1400. The molecule has 2 unspecified atom stereocenters. The van der Waals surface area contributed by atoms with Crippen LogP contribution in [-0.4, -0.2) is 33.6 Å². The Morgan fingerprint density at radius 3 is 2.81 bits per heavy atom. The molecule has 0 aliphatic carbocycles. The largest absolute Gasteiger partial charge is 0.386 e. The van der Waals surface area contributed by atoms with Crippen molar-refractivity contribution in [1.82, 2.24) is 9.58 Å². The van der Waals surface area contributed by atoms with Gasteiger partial charge in [-0.3, -0.25) is 14.4 Å². The van der Waals surface area contributed by atoms with Crippen LogP contribution in [0.25, 0.3) is 16.5 Å². The van der Waals surface area contributed by atoms with Crippen LogP contribution in [0.1, 0.15) is 11.3 Å². The first-order valence-electron chi connectivity index (χ1n) is 10.2. The van der Waals surface area contributed by atoms with Crippen molar-refractivity contribution in [3.05, 3.63) is 88.6 Å². The summed E-state index contributed by atoms with van der Waals surface area (Å²) in [5.41, 5.74) is 8.08. The smallest absolute Gasteiger partial charge is 0.263 e. The molecule has 32 heavy (non-hydrogen) atoms. The lowest BCUT2D eigenvalue weighted by Gasteiger charge is -2.27. The highest BCUT2D eigenvalue weighted by Gasteiger charge is 2.40. The molecule has 5 rings (SSSR count). The molecule has 0 radical (unpaired) electrons. The van der Waals surface area contributed by atoms with Gasteiger partial charge in [0, 0.05) is 5.69 Å². The summed E-state index contributed by atoms with van der Waals surface area (Å²) in [5, 5.41) is 7.72. The molecular formula is C24H21FN6O. The minimum absolute atomic E-state index is 0.189. The van der Waals surface area contributed by atoms with Gasteiger partial charge < -0.3 is 5.73 Å². The number of amidine groups is 1. The van der Waals surface area contributed by atoms with Crippen molar-refractivity contribution in [3.8, 4) is 5.69 Å². The minimum Gasteiger partial charge on any atom is -0.386 e. The second-order valence-corrected chi connectivity index (χ2v) is 7.80. The fourth-order valence-electron chi connectivity index (χ4n) is 4.38. The van der Waals surface area contributed by atoms with Crippen molar-refractivity contribution >= 4 is 28.7 Å². The molecule has 8 heteroatoms. The molecule has 2 aromatic carbocycles. The van der Waals surface area contributed by atoms with E-state index >= 15 is 0 Å². The predicted octanol–water partition coefficient (Wildman–Crippen LogP) is 3.14. The maximum atomic E-state index is 14.8. The third-order valence-corrected chi connectivity index (χ3v) is 5.87. The number of rotatable bonds is 4. The van der Waals surface area contributed by atoms with Gasteiger partial charge in [-0.25, -0.2) is 14.4 Å². The quantitative estimate of drug-likeness (QED) is 0.692. The number of hydrogen-bond donors (Lipinski definition) is 1. The van der Waals surface area contributed by atoms with Crippen molar-refractivity contribution in [2.45, 2.75) is 19.6 Å². The van der Waals surface area contributed by atoms with Crippen LogP contribution in [-0.2, 0) is 6.54 Å². The van der Waals surface area contributed by atoms with E-state index < -0.39 is 12.0 Å². The second kappa shape index (κ2) is 7.56. The molecule has 3 aromatic rings. The molecule has 0 fully saturated rings. The zero-order chi connectivity index (χ0) is 22.4. The molecule has 160 valence electrons. The Kier molecular flexibility index (Phi) is 4.70. The monoisotopic (exact) mass is 428 g/mol. The van der Waals surface area contributed by atoms with E-state index in [0.29, 0.717) is 22.6 Å². The van der Waals surface area contributed by atoms with E-state index in [4.69, 9.17) is 5.73 Å². The summed E-state index contributed by atoms with van der Waals surface area (Å²) < 4.78 is 16.2. The van der Waals surface area contributed by atoms with E-state index in [1.54, 1.807) is 29.3 Å². The van der Waals surface area contributed by atoms with E-state index in [-0.39, 0.29) is 23.7 Å². The Morgan fingerprint density at radius 1 is 1.22 bits per heavy atom. The standard InChI is InChI=1S/C24H21FN6O/c1-3-18-21-22(26)27-13-28-23(21)30(29-18)12-16-11-15-8-6-7-14(2)20(15)24(32)31(16)19-10-5-4-9-17(19)25/h3-11,13,21,23H,1,12H2,2H3,(H2,26,27,28). The average Bonchev–Trinajstić information content (AvgIpc) is 3.14. The van der Waals surface area contributed by atoms with Crippen molar-refractivity contribution in [2.24, 2.45) is 26.7 Å². The number of fused-ring (bicyclic) bond motifs is 2. The zero-order valence-corrected chi connectivity index (χ0v) is 17.4. The maximum Gasteiger partial charge on any atom is 0.263 e. The number of hydrogen-bond acceptors (Lipinski definition) is 6. The number of para-hydroxylation sites is 1. The van der Waals surface area contributed by atoms with Gasteiger partial charge in [0.25, 0.3) is 5.56 Å². The molecule has 7 nitrogen and oxygen atoms in total. The maximum absolute atomic E-state index is 14.8. The van der Waals surface area contributed by atoms with Crippen molar-refractivity contribution < 1.29 is 4.39 Å². The highest BCUT2D eigenvalue weighted by Crippen LogP contribution is 2.29. The predicted molar refractivity (Wildman–Crippen MR) is 125 cm³/mol. The molecule has 0 spiro atoms. The SMILES string of the molecule is C=CC1=NN(Cc2cc3cccc(C)c3c(=O)n2-c2ccccc2F)C2N=CN=C(N)C12. The third-order valence-electron chi connectivity index (χ3n) is 5.87. The zero-order valence-electron chi connectivity index (χ0n) is 17.4. The number of pyridine rings is 1. The van der Waals surface area contributed by atoms with Crippen LogP contribution in [0.5, 0.6) is 0 Å². The topological polar surface area (TPSA) is 88.3 Å². The summed E-state index contributed by atoms with van der Waals surface area (Å²) in [4.78, 5) is 22.2. The first-order valence-corrected chi connectivity index (χ1v) is 10.2. The number of aromatic nitrogens is 1. The van der Waals surface area contributed by atoms with Crippen molar-refractivity contribution in [2.75, 3.05) is 0 Å². The van der Waals surface area contributed by atoms with Gasteiger partial charge in [-0.2, -0.15) is 5.10 Å². The van der Waals surface area contributed by atoms with Gasteiger partial charge in [-0.15, -0.1) is 0 Å². The van der Waals surface area contributed by atoms with Gasteiger partial charge in [-0.1, -0.05) is 36.9 Å². The molecule has 0 saturated heterocycles. The summed E-state index contributed by atoms with van der Waals surface area (Å²) in [6, 6.07) is 13.8. The molecule has 2 aliphatic heterocycles. The minimum atomic E-state index is -0.481. The molecule has 0 amide bonds. The summed E-state index contributed by atoms with van der Waals surface area (Å²) in [7, 11) is 0. The molecule has 2 atom stereocenters. The van der Waals surface area contributed by atoms with Crippen LogP contribution < -0.4 is 11.3 Å². The molecule has 1 aromatic heterocycles. The molecule has 3 heterocycles. The summed E-state index contributed by atoms with van der Waals surface area (Å²) >= 11 is 0. The molecular weight excluding hydrogens is 407 g/mol. The van der Waals surface area contributed by atoms with Crippen LogP contribution in [0.3, 0.4) is 0 Å². The van der Waals surface area contributed by atoms with Gasteiger partial charge in [-0.05, 0) is 42.1 Å². The fourth-order valence-corrected chi connectivity index (χ4v) is 4.38. The Morgan fingerprint density at radius 2 is 2.03 bits per heavy atom. The lowest BCUT2D eigenvalue weighted by atomic mass is 9.99. The van der Waals surface area contributed by atoms with Gasteiger partial charge in [0.15, 0.2) is 6.17 Å². The molecule has 2 N–H and O–H groups in total. The number of hydrazone groups is 1. The Balaban J connectivity index is 1.70. The van der Waals surface area contributed by atoms with E-state index in [1.165, 1.54) is 17.0 Å². The normalized spacial score (nSPS) is 19.6. The highest BCUT2D eigenvalue weighted by molar-refractivity contribution is 6.14.